The van der Waals surface area contributed by atoms with Gasteiger partial charge in [-0.2, -0.15) is 0 Å². The predicted molar refractivity (Wildman–Crippen MR) is 99.7 cm³/mol. The van der Waals surface area contributed by atoms with E-state index in [2.05, 4.69) is 10.3 Å². The lowest BCUT2D eigenvalue weighted by Gasteiger charge is -2.26. The van der Waals surface area contributed by atoms with Gasteiger partial charge in [0.05, 0.1) is 11.0 Å². The van der Waals surface area contributed by atoms with Gasteiger partial charge in [0.1, 0.15) is 0 Å². The number of imidazole rings is 1. The van der Waals surface area contributed by atoms with Crippen LogP contribution in [0.3, 0.4) is 0 Å². The Kier molecular flexibility index (Phi) is 3.64. The average Bonchev–Trinajstić information content (AvgIpc) is 2.92. The van der Waals surface area contributed by atoms with Gasteiger partial charge in [-0.1, -0.05) is 0 Å². The summed E-state index contributed by atoms with van der Waals surface area (Å²) in [5, 5.41) is 2.89. The van der Waals surface area contributed by atoms with E-state index >= 15 is 0 Å². The first-order valence-electron chi connectivity index (χ1n) is 8.33. The average molecular weight is 350 g/mol. The highest BCUT2D eigenvalue weighted by molar-refractivity contribution is 6.06. The van der Waals surface area contributed by atoms with Gasteiger partial charge < -0.3 is 15.2 Å². The quantitative estimate of drug-likeness (QED) is 0.741. The number of anilines is 2. The molecule has 7 nitrogen and oxygen atoms in total. The Morgan fingerprint density at radius 3 is 2.69 bits per heavy atom. The summed E-state index contributed by atoms with van der Waals surface area (Å²) in [5.74, 6) is -0.152. The van der Waals surface area contributed by atoms with Crippen molar-refractivity contribution in [3.8, 4) is 0 Å². The van der Waals surface area contributed by atoms with E-state index in [0.717, 1.165) is 11.3 Å². The number of fused-ring (bicyclic) bond motifs is 2. The number of amides is 2. The van der Waals surface area contributed by atoms with Gasteiger partial charge in [0, 0.05) is 37.5 Å². The van der Waals surface area contributed by atoms with Crippen LogP contribution in [0.15, 0.2) is 41.2 Å². The largest absolute Gasteiger partial charge is 0.326 e. The van der Waals surface area contributed by atoms with Crippen molar-refractivity contribution in [3.05, 3.63) is 58.0 Å². The molecule has 4 rings (SSSR count). The summed E-state index contributed by atoms with van der Waals surface area (Å²) in [6, 6.07) is 10.6. The summed E-state index contributed by atoms with van der Waals surface area (Å²) >= 11 is 0. The molecule has 26 heavy (non-hydrogen) atoms. The Labute approximate surface area is 149 Å². The number of rotatable bonds is 2. The number of carbonyl (C=O) groups excluding carboxylic acids is 2. The van der Waals surface area contributed by atoms with Crippen molar-refractivity contribution in [2.75, 3.05) is 17.3 Å². The number of hydrogen-bond donors (Lipinski definition) is 2. The van der Waals surface area contributed by atoms with Crippen molar-refractivity contribution < 1.29 is 9.59 Å². The van der Waals surface area contributed by atoms with E-state index in [-0.39, 0.29) is 17.5 Å². The third-order valence-electron chi connectivity index (χ3n) is 4.85. The maximum absolute atomic E-state index is 12.6. The molecule has 0 aliphatic carbocycles. The third-order valence-corrected chi connectivity index (χ3v) is 4.85. The molecule has 2 heterocycles. The second-order valence-electron chi connectivity index (χ2n) is 6.47. The fraction of sp³-hybridized carbons (Fsp3) is 0.211. The molecular weight excluding hydrogens is 332 g/mol. The van der Waals surface area contributed by atoms with Crippen molar-refractivity contribution in [2.24, 2.45) is 7.05 Å². The standard InChI is InChI=1S/C19H18N4O3/c1-22-15-7-5-13(9-11(15)4-8-17(22)24)20-18(25)12-3-6-14-16(10-12)23(2)19(26)21-14/h3,5-7,9-10H,4,8H2,1-2H3,(H,20,25)(H,21,26). The van der Waals surface area contributed by atoms with Crippen molar-refractivity contribution in [3.63, 3.8) is 0 Å². The molecule has 3 aromatic rings. The number of H-pyrrole nitrogens is 1. The molecule has 132 valence electrons. The molecule has 1 aromatic heterocycles. The van der Waals surface area contributed by atoms with Gasteiger partial charge in [-0.05, 0) is 48.4 Å². The smallest absolute Gasteiger partial charge is 0.322 e. The molecule has 0 bridgehead atoms. The molecule has 0 saturated carbocycles. The highest BCUT2D eigenvalue weighted by atomic mass is 16.2. The first-order chi connectivity index (χ1) is 12.4. The fourth-order valence-electron chi connectivity index (χ4n) is 3.30. The number of aromatic nitrogens is 2. The van der Waals surface area contributed by atoms with Crippen molar-refractivity contribution in [1.82, 2.24) is 9.55 Å². The summed E-state index contributed by atoms with van der Waals surface area (Å²) in [6.45, 7) is 0. The first-order valence-corrected chi connectivity index (χ1v) is 8.33. The van der Waals surface area contributed by atoms with Crippen LogP contribution in [0.4, 0.5) is 11.4 Å². The van der Waals surface area contributed by atoms with Crippen molar-refractivity contribution in [2.45, 2.75) is 12.8 Å². The van der Waals surface area contributed by atoms with E-state index in [9.17, 15) is 14.4 Å². The molecule has 0 fully saturated rings. The van der Waals surface area contributed by atoms with Crippen molar-refractivity contribution >= 4 is 34.2 Å². The van der Waals surface area contributed by atoms with Gasteiger partial charge >= 0.3 is 5.69 Å². The van der Waals surface area contributed by atoms with E-state index in [0.29, 0.717) is 35.1 Å². The fourth-order valence-corrected chi connectivity index (χ4v) is 3.30. The minimum Gasteiger partial charge on any atom is -0.322 e. The van der Waals surface area contributed by atoms with E-state index in [1.54, 1.807) is 43.3 Å². The second kappa shape index (κ2) is 5.87. The molecule has 1 aliphatic heterocycles. The minimum absolute atomic E-state index is 0.0969. The molecule has 0 unspecified atom stereocenters. The van der Waals surface area contributed by atoms with Gasteiger partial charge in [0.25, 0.3) is 5.91 Å². The second-order valence-corrected chi connectivity index (χ2v) is 6.47. The number of carbonyl (C=O) groups is 2. The molecule has 2 aromatic carbocycles. The summed E-state index contributed by atoms with van der Waals surface area (Å²) in [4.78, 5) is 40.4. The molecule has 1 aliphatic rings. The van der Waals surface area contributed by atoms with Crippen LogP contribution in [0, 0.1) is 0 Å². The van der Waals surface area contributed by atoms with Crippen LogP contribution in [-0.2, 0) is 18.3 Å². The van der Waals surface area contributed by atoms with Crippen LogP contribution in [0.25, 0.3) is 11.0 Å². The highest BCUT2D eigenvalue weighted by Gasteiger charge is 2.21. The zero-order valence-electron chi connectivity index (χ0n) is 14.5. The van der Waals surface area contributed by atoms with Crippen LogP contribution < -0.4 is 15.9 Å². The minimum atomic E-state index is -0.249. The lowest BCUT2D eigenvalue weighted by atomic mass is 10.0. The number of nitrogens with zero attached hydrogens (tertiary/aromatic N) is 2. The summed E-state index contributed by atoms with van der Waals surface area (Å²) in [5.41, 5.74) is 4.21. The number of aromatic amines is 1. The Balaban J connectivity index is 1.61. The molecule has 0 saturated heterocycles. The summed E-state index contributed by atoms with van der Waals surface area (Å²) in [7, 11) is 3.42. The van der Waals surface area contributed by atoms with E-state index < -0.39 is 0 Å². The number of nitrogens with one attached hydrogen (secondary N) is 2. The zero-order chi connectivity index (χ0) is 18.4. The van der Waals surface area contributed by atoms with E-state index in [1.807, 2.05) is 12.1 Å². The number of aryl methyl sites for hydroxylation is 2. The van der Waals surface area contributed by atoms with Gasteiger partial charge in [-0.3, -0.25) is 14.2 Å². The van der Waals surface area contributed by atoms with Gasteiger partial charge in [0.2, 0.25) is 5.91 Å². The van der Waals surface area contributed by atoms with Gasteiger partial charge in [0.15, 0.2) is 0 Å². The molecule has 7 heteroatoms. The van der Waals surface area contributed by atoms with Crippen LogP contribution in [0.2, 0.25) is 0 Å². The first kappa shape index (κ1) is 16.1. The molecule has 0 atom stereocenters. The normalized spacial score (nSPS) is 13.8. The molecular formula is C19H18N4O3. The lowest BCUT2D eigenvalue weighted by molar-refractivity contribution is -0.118. The summed E-state index contributed by atoms with van der Waals surface area (Å²) < 4.78 is 1.47. The SMILES string of the molecule is CN1C(=O)CCc2cc(NC(=O)c3ccc4[nH]c(=O)n(C)c4c3)ccc21. The van der Waals surface area contributed by atoms with Crippen LogP contribution in [0.5, 0.6) is 0 Å². The predicted octanol–water partition coefficient (Wildman–Crippen LogP) is 2.03. The molecule has 2 N–H and O–H groups in total. The third kappa shape index (κ3) is 2.57. The van der Waals surface area contributed by atoms with Crippen LogP contribution in [0.1, 0.15) is 22.3 Å². The van der Waals surface area contributed by atoms with Crippen LogP contribution >= 0.6 is 0 Å². The monoisotopic (exact) mass is 350 g/mol. The highest BCUT2D eigenvalue weighted by Crippen LogP contribution is 2.29. The number of hydrogen-bond acceptors (Lipinski definition) is 3. The van der Waals surface area contributed by atoms with E-state index in [4.69, 9.17) is 0 Å². The maximum atomic E-state index is 12.6. The number of benzene rings is 2. The maximum Gasteiger partial charge on any atom is 0.326 e. The summed E-state index contributed by atoms with van der Waals surface area (Å²) in [6.07, 6.45) is 1.14. The Morgan fingerprint density at radius 1 is 1.08 bits per heavy atom. The Hall–Kier alpha value is -3.35. The Morgan fingerprint density at radius 2 is 1.88 bits per heavy atom. The van der Waals surface area contributed by atoms with Gasteiger partial charge in [-0.25, -0.2) is 4.79 Å². The molecule has 0 radical (unpaired) electrons. The van der Waals surface area contributed by atoms with Crippen molar-refractivity contribution in [1.29, 1.82) is 0 Å². The van der Waals surface area contributed by atoms with Gasteiger partial charge in [-0.15, -0.1) is 0 Å². The molecule has 2 amide bonds. The topological polar surface area (TPSA) is 87.2 Å². The zero-order valence-corrected chi connectivity index (χ0v) is 14.5. The Bertz CT molecular complexity index is 1110. The van der Waals surface area contributed by atoms with E-state index in [1.165, 1.54) is 4.57 Å². The lowest BCUT2D eigenvalue weighted by Crippen LogP contribution is -2.31. The van der Waals surface area contributed by atoms with Crippen LogP contribution in [-0.4, -0.2) is 28.4 Å². The molecule has 0 spiro atoms.